The minimum absolute atomic E-state index is 0.155. The first-order valence-corrected chi connectivity index (χ1v) is 19.6. The molecule has 1 heterocycles. The number of fused-ring (bicyclic) bond motifs is 9. The number of anilines is 3. The molecule has 0 fully saturated rings. The summed E-state index contributed by atoms with van der Waals surface area (Å²) in [4.78, 5) is 2.57. The molecule has 9 aromatic carbocycles. The molecular weight excluding hydrogens is 675 g/mol. The number of nitrogens with zero attached hydrogens (tertiary/aromatic N) is 1. The molecule has 0 bridgehead atoms. The predicted octanol–water partition coefficient (Wildman–Crippen LogP) is 15.3. The van der Waals surface area contributed by atoms with Crippen molar-refractivity contribution in [3.05, 3.63) is 211 Å². The van der Waals surface area contributed by atoms with Crippen molar-refractivity contribution in [1.29, 1.82) is 0 Å². The van der Waals surface area contributed by atoms with Gasteiger partial charge in [-0.25, -0.2) is 0 Å². The van der Waals surface area contributed by atoms with E-state index in [2.05, 4.69) is 219 Å². The Morgan fingerprint density at radius 2 is 0.857 bits per heavy atom. The molecule has 9 aromatic rings. The maximum Gasteiger partial charge on any atom is 0.0544 e. The van der Waals surface area contributed by atoms with E-state index < -0.39 is 0 Å². The fraction of sp³-hybridized carbons (Fsp3) is 0.0545. The molecule has 1 aliphatic heterocycles. The van der Waals surface area contributed by atoms with Crippen LogP contribution in [0.25, 0.3) is 77.5 Å². The molecule has 11 rings (SSSR count). The Balaban J connectivity index is 1.24. The number of hydrogen-bond donors (Lipinski definition) is 0. The second kappa shape index (κ2) is 12.5. The largest absolute Gasteiger partial charge is 0.309 e. The third-order valence-corrected chi connectivity index (χ3v) is 12.2. The third kappa shape index (κ3) is 4.87. The van der Waals surface area contributed by atoms with Gasteiger partial charge in [0.25, 0.3) is 0 Å². The SMILES string of the molecule is CC1(C)c2ccccc2-c2cc3c(cc21)N(c1ccccc1-c1cccc2cccc(-c4ccccc4)c12)c1ccc(-c2ccccc2)cc1-c1ccccc1-3. The van der Waals surface area contributed by atoms with E-state index in [0.29, 0.717) is 0 Å². The van der Waals surface area contributed by atoms with Gasteiger partial charge in [0.15, 0.2) is 0 Å². The molecule has 0 atom stereocenters. The highest BCUT2D eigenvalue weighted by atomic mass is 15.2. The maximum absolute atomic E-state index is 2.57. The topological polar surface area (TPSA) is 3.24 Å². The molecule has 264 valence electrons. The summed E-state index contributed by atoms with van der Waals surface area (Å²) in [5.41, 5.74) is 21.0. The summed E-state index contributed by atoms with van der Waals surface area (Å²) in [5.74, 6) is 0. The van der Waals surface area contributed by atoms with E-state index in [1.807, 2.05) is 0 Å². The Kier molecular flexibility index (Phi) is 7.28. The normalized spacial score (nSPS) is 13.3. The lowest BCUT2D eigenvalue weighted by Gasteiger charge is -2.31. The van der Waals surface area contributed by atoms with Gasteiger partial charge in [-0.2, -0.15) is 0 Å². The van der Waals surface area contributed by atoms with E-state index in [-0.39, 0.29) is 5.41 Å². The van der Waals surface area contributed by atoms with Gasteiger partial charge in [0.05, 0.1) is 17.1 Å². The number of hydrogen-bond acceptors (Lipinski definition) is 1. The van der Waals surface area contributed by atoms with Gasteiger partial charge in [-0.15, -0.1) is 0 Å². The average Bonchev–Trinajstić information content (AvgIpc) is 3.41. The number of rotatable bonds is 4. The van der Waals surface area contributed by atoms with E-state index in [9.17, 15) is 0 Å². The first kappa shape index (κ1) is 32.5. The van der Waals surface area contributed by atoms with Crippen molar-refractivity contribution < 1.29 is 0 Å². The average molecular weight is 714 g/mol. The summed E-state index contributed by atoms with van der Waals surface area (Å²) in [7, 11) is 0. The van der Waals surface area contributed by atoms with Gasteiger partial charge in [-0.1, -0.05) is 184 Å². The van der Waals surface area contributed by atoms with Gasteiger partial charge < -0.3 is 4.90 Å². The summed E-state index contributed by atoms with van der Waals surface area (Å²) in [6.07, 6.45) is 0. The quantitative estimate of drug-likeness (QED) is 0.175. The monoisotopic (exact) mass is 713 g/mol. The molecule has 0 spiro atoms. The van der Waals surface area contributed by atoms with Crippen LogP contribution in [0.5, 0.6) is 0 Å². The second-order valence-electron chi connectivity index (χ2n) is 15.7. The smallest absolute Gasteiger partial charge is 0.0544 e. The zero-order valence-corrected chi connectivity index (χ0v) is 31.5. The first-order valence-electron chi connectivity index (χ1n) is 19.6. The van der Waals surface area contributed by atoms with E-state index in [4.69, 9.17) is 0 Å². The zero-order chi connectivity index (χ0) is 37.4. The predicted molar refractivity (Wildman–Crippen MR) is 237 cm³/mol. The molecule has 0 saturated carbocycles. The van der Waals surface area contributed by atoms with Crippen LogP contribution in [-0.2, 0) is 5.41 Å². The fourth-order valence-electron chi connectivity index (χ4n) is 9.56. The van der Waals surface area contributed by atoms with Crippen molar-refractivity contribution >= 4 is 27.8 Å². The highest BCUT2D eigenvalue weighted by Crippen LogP contribution is 2.58. The van der Waals surface area contributed by atoms with E-state index >= 15 is 0 Å². The Morgan fingerprint density at radius 1 is 0.304 bits per heavy atom. The van der Waals surface area contributed by atoms with Crippen molar-refractivity contribution in [2.45, 2.75) is 19.3 Å². The Bertz CT molecular complexity index is 2980. The highest BCUT2D eigenvalue weighted by molar-refractivity contribution is 6.11. The summed E-state index contributed by atoms with van der Waals surface area (Å²) in [6.45, 7) is 4.77. The summed E-state index contributed by atoms with van der Waals surface area (Å²) >= 11 is 0. The second-order valence-corrected chi connectivity index (χ2v) is 15.7. The molecule has 1 heteroatoms. The molecule has 0 saturated heterocycles. The molecule has 56 heavy (non-hydrogen) atoms. The number of para-hydroxylation sites is 1. The lowest BCUT2D eigenvalue weighted by atomic mass is 9.81. The fourth-order valence-corrected chi connectivity index (χ4v) is 9.56. The van der Waals surface area contributed by atoms with Crippen LogP contribution in [0.15, 0.2) is 200 Å². The van der Waals surface area contributed by atoms with Gasteiger partial charge in [0.1, 0.15) is 0 Å². The molecule has 2 aliphatic rings. The zero-order valence-electron chi connectivity index (χ0n) is 31.5. The van der Waals surface area contributed by atoms with Crippen LogP contribution in [0.3, 0.4) is 0 Å². The molecule has 0 aromatic heterocycles. The van der Waals surface area contributed by atoms with Crippen molar-refractivity contribution in [3.63, 3.8) is 0 Å². The third-order valence-electron chi connectivity index (χ3n) is 12.2. The van der Waals surface area contributed by atoms with E-state index in [0.717, 1.165) is 5.69 Å². The summed E-state index contributed by atoms with van der Waals surface area (Å²) in [6, 6.07) is 74.1. The van der Waals surface area contributed by atoms with Crippen LogP contribution in [0.4, 0.5) is 17.1 Å². The maximum atomic E-state index is 2.57. The Hall–Kier alpha value is -6.96. The first-order chi connectivity index (χ1) is 27.6. The molecular formula is C55H39N. The van der Waals surface area contributed by atoms with Gasteiger partial charge in [-0.05, 0) is 102 Å². The van der Waals surface area contributed by atoms with Crippen molar-refractivity contribution in [2.75, 3.05) is 4.90 Å². The van der Waals surface area contributed by atoms with Crippen LogP contribution < -0.4 is 4.90 Å². The van der Waals surface area contributed by atoms with Crippen LogP contribution in [0, 0.1) is 0 Å². The Morgan fingerprint density at radius 3 is 1.59 bits per heavy atom. The Labute approximate surface area is 328 Å². The minimum Gasteiger partial charge on any atom is -0.309 e. The van der Waals surface area contributed by atoms with Gasteiger partial charge in [0, 0.05) is 22.1 Å². The molecule has 0 unspecified atom stereocenters. The van der Waals surface area contributed by atoms with Crippen molar-refractivity contribution in [3.8, 4) is 66.8 Å². The van der Waals surface area contributed by atoms with E-state index in [1.54, 1.807) is 0 Å². The summed E-state index contributed by atoms with van der Waals surface area (Å²) in [5, 5.41) is 2.49. The van der Waals surface area contributed by atoms with E-state index in [1.165, 1.54) is 100 Å². The van der Waals surface area contributed by atoms with Crippen molar-refractivity contribution in [2.24, 2.45) is 0 Å². The van der Waals surface area contributed by atoms with Gasteiger partial charge in [-0.3, -0.25) is 0 Å². The molecule has 0 amide bonds. The van der Waals surface area contributed by atoms with Crippen LogP contribution in [0.2, 0.25) is 0 Å². The summed E-state index contributed by atoms with van der Waals surface area (Å²) < 4.78 is 0. The molecule has 1 nitrogen and oxygen atoms in total. The minimum atomic E-state index is -0.155. The highest BCUT2D eigenvalue weighted by Gasteiger charge is 2.38. The van der Waals surface area contributed by atoms with Crippen LogP contribution in [0.1, 0.15) is 25.0 Å². The van der Waals surface area contributed by atoms with Crippen LogP contribution >= 0.6 is 0 Å². The lowest BCUT2D eigenvalue weighted by Crippen LogP contribution is -2.17. The number of benzene rings is 9. The standard InChI is InChI=1S/C55H39N/c1-55(2)49-29-13-11-25-43(49)46-34-48-42-24-10-9-23-41(42)47-33-39(36-17-5-3-6-18-36)31-32-52(47)56(53(48)35-50(46)55)51-30-14-12-26-44(51)45-28-16-22-38-21-15-27-40(54(38)45)37-19-7-4-8-20-37/h3-35H,1-2H3. The molecule has 0 N–H and O–H groups in total. The van der Waals surface area contributed by atoms with Gasteiger partial charge in [0.2, 0.25) is 0 Å². The lowest BCUT2D eigenvalue weighted by molar-refractivity contribution is 0.660. The van der Waals surface area contributed by atoms with Gasteiger partial charge >= 0.3 is 0 Å². The molecule has 0 radical (unpaired) electrons. The van der Waals surface area contributed by atoms with Crippen LogP contribution in [-0.4, -0.2) is 0 Å². The van der Waals surface area contributed by atoms with Crippen molar-refractivity contribution in [1.82, 2.24) is 0 Å². The molecule has 1 aliphatic carbocycles.